The van der Waals surface area contributed by atoms with Crippen LogP contribution in [0.3, 0.4) is 0 Å². The topological polar surface area (TPSA) is 110 Å². The van der Waals surface area contributed by atoms with Gasteiger partial charge in [0.05, 0.1) is 10.5 Å². The summed E-state index contributed by atoms with van der Waals surface area (Å²) in [5, 5.41) is 10.8. The molecule has 0 bridgehead atoms. The van der Waals surface area contributed by atoms with Crippen LogP contribution in [-0.4, -0.2) is 44.3 Å². The molecule has 8 nitrogen and oxygen atoms in total. The number of nitro benzene ring substituents is 1. The maximum Gasteiger partial charge on any atom is 0.270 e. The molecule has 0 saturated heterocycles. The Balaban J connectivity index is 3.52. The van der Waals surface area contributed by atoms with Gasteiger partial charge in [-0.25, -0.2) is 13.1 Å². The van der Waals surface area contributed by atoms with Gasteiger partial charge in [0.25, 0.3) is 11.6 Å². The number of carbonyl (C=O) groups excluding carboxylic acids is 1. The molecule has 0 unspecified atom stereocenters. The predicted octanol–water partition coefficient (Wildman–Crippen LogP) is 0.985. The molecule has 9 heteroatoms. The molecule has 0 atom stereocenters. The molecule has 0 spiro atoms. The van der Waals surface area contributed by atoms with Crippen molar-refractivity contribution in [2.45, 2.75) is 18.7 Å². The van der Waals surface area contributed by atoms with Gasteiger partial charge in [-0.2, -0.15) is 0 Å². The number of non-ortho nitro benzene ring substituents is 1. The maximum atomic E-state index is 12.3. The van der Waals surface area contributed by atoms with Crippen molar-refractivity contribution in [1.82, 2.24) is 9.62 Å². The lowest BCUT2D eigenvalue weighted by molar-refractivity contribution is -0.385. The Bertz CT molecular complexity index is 653. The number of rotatable bonds is 6. The van der Waals surface area contributed by atoms with Crippen LogP contribution in [0.2, 0.25) is 0 Å². The first kappa shape index (κ1) is 17.1. The van der Waals surface area contributed by atoms with E-state index >= 15 is 0 Å². The molecule has 21 heavy (non-hydrogen) atoms. The van der Waals surface area contributed by atoms with Gasteiger partial charge in [-0.15, -0.1) is 0 Å². The van der Waals surface area contributed by atoms with Crippen molar-refractivity contribution in [2.75, 3.05) is 20.1 Å². The van der Waals surface area contributed by atoms with E-state index in [1.54, 1.807) is 13.8 Å². The van der Waals surface area contributed by atoms with Crippen molar-refractivity contribution in [2.24, 2.45) is 0 Å². The van der Waals surface area contributed by atoms with Gasteiger partial charge in [-0.3, -0.25) is 14.9 Å². The monoisotopic (exact) mass is 315 g/mol. The molecular formula is C12H17N3O5S. The first-order valence-corrected chi connectivity index (χ1v) is 7.78. The molecule has 1 N–H and O–H groups in total. The third-order valence-corrected chi connectivity index (χ3v) is 4.47. The molecular weight excluding hydrogens is 298 g/mol. The number of nitrogens with one attached hydrogen (secondary N) is 1. The highest BCUT2D eigenvalue weighted by Crippen LogP contribution is 2.23. The van der Waals surface area contributed by atoms with Crippen LogP contribution in [0.15, 0.2) is 23.1 Å². The Morgan fingerprint density at radius 3 is 2.33 bits per heavy atom. The fraction of sp³-hybridized carbons (Fsp3) is 0.417. The lowest BCUT2D eigenvalue weighted by Gasteiger charge is -2.20. The molecule has 1 aromatic carbocycles. The van der Waals surface area contributed by atoms with Crippen LogP contribution < -0.4 is 4.72 Å². The zero-order valence-electron chi connectivity index (χ0n) is 12.0. The molecule has 1 amide bonds. The molecule has 0 aromatic heterocycles. The molecule has 0 radical (unpaired) electrons. The fourth-order valence-electron chi connectivity index (χ4n) is 1.81. The van der Waals surface area contributed by atoms with Gasteiger partial charge in [-0.05, 0) is 27.0 Å². The molecule has 0 aliphatic rings. The fourth-order valence-corrected chi connectivity index (χ4v) is 2.76. The maximum absolute atomic E-state index is 12.3. The van der Waals surface area contributed by atoms with Crippen LogP contribution >= 0.6 is 0 Å². The second kappa shape index (κ2) is 6.64. The summed E-state index contributed by atoms with van der Waals surface area (Å²) >= 11 is 0. The normalized spacial score (nSPS) is 11.2. The first-order valence-electron chi connectivity index (χ1n) is 6.29. The Morgan fingerprint density at radius 1 is 1.33 bits per heavy atom. The number of hydrogen-bond donors (Lipinski definition) is 1. The number of sulfonamides is 1. The number of carbonyl (C=O) groups is 1. The number of hydrogen-bond acceptors (Lipinski definition) is 5. The molecule has 116 valence electrons. The average molecular weight is 315 g/mol. The van der Waals surface area contributed by atoms with Gasteiger partial charge >= 0.3 is 0 Å². The zero-order chi connectivity index (χ0) is 16.2. The predicted molar refractivity (Wildman–Crippen MR) is 76.6 cm³/mol. The van der Waals surface area contributed by atoms with E-state index in [0.717, 1.165) is 12.1 Å². The second-order valence-corrected chi connectivity index (χ2v) is 5.98. The number of nitrogens with zero attached hydrogens (tertiary/aromatic N) is 2. The SMILES string of the molecule is CCN(CC)C(=O)c1ccc([N+](=O)[O-])cc1S(=O)(=O)NC. The minimum Gasteiger partial charge on any atom is -0.339 e. The summed E-state index contributed by atoms with van der Waals surface area (Å²) in [6.45, 7) is 4.34. The van der Waals surface area contributed by atoms with Crippen LogP contribution in [0.25, 0.3) is 0 Å². The lowest BCUT2D eigenvalue weighted by atomic mass is 10.1. The van der Waals surface area contributed by atoms with Crippen molar-refractivity contribution in [3.05, 3.63) is 33.9 Å². The van der Waals surface area contributed by atoms with Crippen LogP contribution in [0.4, 0.5) is 5.69 Å². The van der Waals surface area contributed by atoms with E-state index < -0.39 is 25.7 Å². The molecule has 0 saturated carbocycles. The number of amides is 1. The summed E-state index contributed by atoms with van der Waals surface area (Å²) in [6.07, 6.45) is 0. The molecule has 0 heterocycles. The van der Waals surface area contributed by atoms with Gasteiger partial charge in [0, 0.05) is 25.2 Å². The quantitative estimate of drug-likeness (QED) is 0.621. The molecule has 1 aromatic rings. The highest BCUT2D eigenvalue weighted by atomic mass is 32.2. The summed E-state index contributed by atoms with van der Waals surface area (Å²) < 4.78 is 26.1. The van der Waals surface area contributed by atoms with E-state index in [0.29, 0.717) is 13.1 Å². The smallest absolute Gasteiger partial charge is 0.270 e. The van der Waals surface area contributed by atoms with Crippen LogP contribution in [-0.2, 0) is 10.0 Å². The van der Waals surface area contributed by atoms with E-state index in [1.807, 2.05) is 0 Å². The molecule has 0 aliphatic heterocycles. The summed E-state index contributed by atoms with van der Waals surface area (Å²) in [7, 11) is -2.80. The minimum atomic E-state index is -3.98. The number of nitro groups is 1. The Hall–Kier alpha value is -2.00. The van der Waals surface area contributed by atoms with Crippen molar-refractivity contribution in [3.8, 4) is 0 Å². The van der Waals surface area contributed by atoms with Crippen LogP contribution in [0, 0.1) is 10.1 Å². The summed E-state index contributed by atoms with van der Waals surface area (Å²) in [4.78, 5) is 23.5. The summed E-state index contributed by atoms with van der Waals surface area (Å²) in [5.74, 6) is -0.483. The van der Waals surface area contributed by atoms with Crippen molar-refractivity contribution < 1.29 is 18.1 Å². The highest BCUT2D eigenvalue weighted by Gasteiger charge is 2.26. The second-order valence-electron chi connectivity index (χ2n) is 4.12. The van der Waals surface area contributed by atoms with Crippen molar-refractivity contribution in [1.29, 1.82) is 0 Å². The van der Waals surface area contributed by atoms with E-state index in [9.17, 15) is 23.3 Å². The minimum absolute atomic E-state index is 0.0846. The highest BCUT2D eigenvalue weighted by molar-refractivity contribution is 7.89. The third-order valence-electron chi connectivity index (χ3n) is 3.02. The standard InChI is InChI=1S/C12H17N3O5S/c1-4-14(5-2)12(16)10-7-6-9(15(17)18)8-11(10)21(19,20)13-3/h6-8,13H,4-5H2,1-3H3. The molecule has 0 fully saturated rings. The Kier molecular flexibility index (Phi) is 5.39. The van der Waals surface area contributed by atoms with Crippen LogP contribution in [0.1, 0.15) is 24.2 Å². The van der Waals surface area contributed by atoms with E-state index in [4.69, 9.17) is 0 Å². The van der Waals surface area contributed by atoms with Crippen LogP contribution in [0.5, 0.6) is 0 Å². The first-order chi connectivity index (χ1) is 9.78. The number of benzene rings is 1. The Morgan fingerprint density at radius 2 is 1.90 bits per heavy atom. The van der Waals surface area contributed by atoms with E-state index in [-0.39, 0.29) is 11.3 Å². The van der Waals surface area contributed by atoms with Gasteiger partial charge < -0.3 is 4.90 Å². The van der Waals surface area contributed by atoms with Gasteiger partial charge in [0.2, 0.25) is 10.0 Å². The van der Waals surface area contributed by atoms with Gasteiger partial charge in [0.1, 0.15) is 4.90 Å². The molecule has 0 aliphatic carbocycles. The average Bonchev–Trinajstić information content (AvgIpc) is 2.47. The van der Waals surface area contributed by atoms with Gasteiger partial charge in [-0.1, -0.05) is 0 Å². The lowest BCUT2D eigenvalue weighted by Crippen LogP contribution is -2.32. The Labute approximate surface area is 123 Å². The van der Waals surface area contributed by atoms with Crippen molar-refractivity contribution in [3.63, 3.8) is 0 Å². The largest absolute Gasteiger partial charge is 0.339 e. The summed E-state index contributed by atoms with van der Waals surface area (Å²) in [6, 6.07) is 3.18. The zero-order valence-corrected chi connectivity index (χ0v) is 12.8. The van der Waals surface area contributed by atoms with E-state index in [1.165, 1.54) is 18.0 Å². The summed E-state index contributed by atoms with van der Waals surface area (Å²) in [5.41, 5.74) is -0.474. The molecule has 1 rings (SSSR count). The van der Waals surface area contributed by atoms with E-state index in [2.05, 4.69) is 4.72 Å². The third kappa shape index (κ3) is 3.56. The van der Waals surface area contributed by atoms with Gasteiger partial charge in [0.15, 0.2) is 0 Å². The van der Waals surface area contributed by atoms with Crippen molar-refractivity contribution >= 4 is 21.6 Å².